The zero-order valence-corrected chi connectivity index (χ0v) is 22.2. The second-order valence-electron chi connectivity index (χ2n) is 7.58. The first-order valence-corrected chi connectivity index (χ1v) is 13.5. The minimum Gasteiger partial charge on any atom is -0.490 e. The number of hydrogen-bond acceptors (Lipinski definition) is 7. The molecule has 0 saturated carbocycles. The minimum atomic E-state index is -2.54. The standard InChI is InChI=1S/C27H26F2N2O4S2/c1-4-33-21-15-17(16-22(34-5-2)24(21)35-6-3)25(32)31(18-11-13-19(14-12-18)36-26(28)29)27-30-20-9-7-8-10-23(20)37-27/h7-16,26H,4-6H2,1-3H3. The van der Waals surface area contributed by atoms with Crippen molar-refractivity contribution in [2.75, 3.05) is 24.7 Å². The molecule has 0 fully saturated rings. The van der Waals surface area contributed by atoms with Crippen molar-refractivity contribution in [1.29, 1.82) is 0 Å². The van der Waals surface area contributed by atoms with Gasteiger partial charge in [-0.3, -0.25) is 9.69 Å². The van der Waals surface area contributed by atoms with Crippen molar-refractivity contribution in [1.82, 2.24) is 4.98 Å². The van der Waals surface area contributed by atoms with Crippen LogP contribution in [0.4, 0.5) is 19.6 Å². The Kier molecular flexibility index (Phi) is 8.83. The van der Waals surface area contributed by atoms with Gasteiger partial charge in [-0.25, -0.2) is 4.98 Å². The SMILES string of the molecule is CCOc1cc(C(=O)N(c2ccc(SC(F)F)cc2)c2nc3ccccc3s2)cc(OCC)c1OCC. The molecule has 0 unspecified atom stereocenters. The third-order valence-electron chi connectivity index (χ3n) is 5.15. The maximum Gasteiger partial charge on any atom is 0.288 e. The second kappa shape index (κ2) is 12.2. The van der Waals surface area contributed by atoms with E-state index < -0.39 is 5.76 Å². The summed E-state index contributed by atoms with van der Waals surface area (Å²) < 4.78 is 44.0. The molecule has 0 spiro atoms. The van der Waals surface area contributed by atoms with Gasteiger partial charge in [0.15, 0.2) is 16.6 Å². The number of amides is 1. The smallest absolute Gasteiger partial charge is 0.288 e. The average molecular weight is 545 g/mol. The molecule has 0 aliphatic heterocycles. The Morgan fingerprint density at radius 2 is 1.57 bits per heavy atom. The van der Waals surface area contributed by atoms with Crippen molar-refractivity contribution in [3.8, 4) is 17.2 Å². The van der Waals surface area contributed by atoms with E-state index in [2.05, 4.69) is 4.98 Å². The van der Waals surface area contributed by atoms with Crippen molar-refractivity contribution in [3.05, 3.63) is 66.2 Å². The molecule has 37 heavy (non-hydrogen) atoms. The summed E-state index contributed by atoms with van der Waals surface area (Å²) in [7, 11) is 0. The fourth-order valence-corrected chi connectivity index (χ4v) is 5.17. The number of halogens is 2. The first-order valence-electron chi connectivity index (χ1n) is 11.8. The van der Waals surface area contributed by atoms with Gasteiger partial charge in [-0.05, 0) is 69.3 Å². The molecule has 0 saturated heterocycles. The van der Waals surface area contributed by atoms with Crippen LogP contribution >= 0.6 is 23.1 Å². The highest BCUT2D eigenvalue weighted by molar-refractivity contribution is 7.99. The molecule has 0 radical (unpaired) electrons. The summed E-state index contributed by atoms with van der Waals surface area (Å²) >= 11 is 1.81. The summed E-state index contributed by atoms with van der Waals surface area (Å²) in [5, 5.41) is 0.449. The van der Waals surface area contributed by atoms with E-state index in [0.717, 1.165) is 10.2 Å². The van der Waals surface area contributed by atoms with E-state index in [1.807, 2.05) is 45.0 Å². The molecule has 0 aliphatic rings. The van der Waals surface area contributed by atoms with Crippen LogP contribution < -0.4 is 19.1 Å². The lowest BCUT2D eigenvalue weighted by Gasteiger charge is -2.22. The number of ether oxygens (including phenoxy) is 3. The molecule has 4 aromatic rings. The van der Waals surface area contributed by atoms with E-state index in [1.165, 1.54) is 16.2 Å². The quantitative estimate of drug-likeness (QED) is 0.180. The van der Waals surface area contributed by atoms with Gasteiger partial charge in [-0.2, -0.15) is 8.78 Å². The van der Waals surface area contributed by atoms with E-state index in [0.29, 0.717) is 70.1 Å². The summed E-state index contributed by atoms with van der Waals surface area (Å²) in [5.41, 5.74) is 1.55. The van der Waals surface area contributed by atoms with Crippen LogP contribution in [0.5, 0.6) is 17.2 Å². The number of alkyl halides is 2. The van der Waals surface area contributed by atoms with E-state index in [4.69, 9.17) is 14.2 Å². The Morgan fingerprint density at radius 1 is 0.946 bits per heavy atom. The lowest BCUT2D eigenvalue weighted by atomic mass is 10.1. The number of thiazole rings is 1. The van der Waals surface area contributed by atoms with Crippen molar-refractivity contribution in [2.45, 2.75) is 31.4 Å². The third kappa shape index (κ3) is 6.14. The van der Waals surface area contributed by atoms with Gasteiger partial charge < -0.3 is 14.2 Å². The van der Waals surface area contributed by atoms with Gasteiger partial charge in [0.2, 0.25) is 5.75 Å². The van der Waals surface area contributed by atoms with Crippen molar-refractivity contribution >= 4 is 50.0 Å². The number of anilines is 2. The molecule has 0 N–H and O–H groups in total. The van der Waals surface area contributed by atoms with E-state index >= 15 is 0 Å². The number of para-hydroxylation sites is 1. The van der Waals surface area contributed by atoms with Gasteiger partial charge >= 0.3 is 0 Å². The highest BCUT2D eigenvalue weighted by Crippen LogP contribution is 2.41. The lowest BCUT2D eigenvalue weighted by Crippen LogP contribution is -2.26. The molecule has 0 atom stereocenters. The maximum absolute atomic E-state index is 14.1. The Balaban J connectivity index is 1.83. The van der Waals surface area contributed by atoms with Gasteiger partial charge in [-0.15, -0.1) is 0 Å². The fourth-order valence-electron chi connectivity index (χ4n) is 3.69. The van der Waals surface area contributed by atoms with Gasteiger partial charge in [0.05, 0.1) is 35.7 Å². The van der Waals surface area contributed by atoms with Crippen LogP contribution in [0, 0.1) is 0 Å². The number of carbonyl (C=O) groups excluding carboxylic acids is 1. The van der Waals surface area contributed by atoms with Crippen LogP contribution in [0.15, 0.2) is 65.6 Å². The van der Waals surface area contributed by atoms with Crippen molar-refractivity contribution in [3.63, 3.8) is 0 Å². The first kappa shape index (κ1) is 26.7. The molecule has 1 heterocycles. The van der Waals surface area contributed by atoms with Gasteiger partial charge in [0.25, 0.3) is 11.7 Å². The lowest BCUT2D eigenvalue weighted by molar-refractivity contribution is 0.0998. The van der Waals surface area contributed by atoms with E-state index in [-0.39, 0.29) is 5.91 Å². The molecule has 0 aliphatic carbocycles. The third-order valence-corrected chi connectivity index (χ3v) is 6.90. The van der Waals surface area contributed by atoms with Crippen LogP contribution in [-0.4, -0.2) is 36.5 Å². The predicted molar refractivity (Wildman–Crippen MR) is 144 cm³/mol. The molecule has 4 rings (SSSR count). The van der Waals surface area contributed by atoms with Crippen LogP contribution in [-0.2, 0) is 0 Å². The van der Waals surface area contributed by atoms with Crippen LogP contribution in [0.2, 0.25) is 0 Å². The normalized spacial score (nSPS) is 11.1. The number of benzene rings is 3. The number of rotatable bonds is 11. The Hall–Kier alpha value is -3.37. The van der Waals surface area contributed by atoms with Crippen molar-refractivity contribution in [2.24, 2.45) is 0 Å². The largest absolute Gasteiger partial charge is 0.490 e. The fraction of sp³-hybridized carbons (Fsp3) is 0.259. The monoisotopic (exact) mass is 544 g/mol. The molecule has 3 aromatic carbocycles. The van der Waals surface area contributed by atoms with Gasteiger partial charge in [-0.1, -0.05) is 35.2 Å². The van der Waals surface area contributed by atoms with Crippen LogP contribution in [0.25, 0.3) is 10.2 Å². The molecule has 1 aromatic heterocycles. The number of carbonyl (C=O) groups is 1. The number of hydrogen-bond donors (Lipinski definition) is 0. The van der Waals surface area contributed by atoms with Crippen LogP contribution in [0.3, 0.4) is 0 Å². The molecular formula is C27H26F2N2O4S2. The van der Waals surface area contributed by atoms with E-state index in [9.17, 15) is 13.6 Å². The molecular weight excluding hydrogens is 518 g/mol. The Bertz CT molecular complexity index is 1300. The summed E-state index contributed by atoms with van der Waals surface area (Å²) in [6, 6.07) is 17.2. The number of thioether (sulfide) groups is 1. The summed E-state index contributed by atoms with van der Waals surface area (Å²) in [5.74, 6) is -1.69. The average Bonchev–Trinajstić information content (AvgIpc) is 3.30. The van der Waals surface area contributed by atoms with Gasteiger partial charge in [0, 0.05) is 10.5 Å². The molecule has 194 valence electrons. The molecule has 0 bridgehead atoms. The molecule has 1 amide bonds. The summed E-state index contributed by atoms with van der Waals surface area (Å²) in [6.07, 6.45) is 0. The van der Waals surface area contributed by atoms with Crippen LogP contribution in [0.1, 0.15) is 31.1 Å². The zero-order valence-electron chi connectivity index (χ0n) is 20.6. The highest BCUT2D eigenvalue weighted by atomic mass is 32.2. The van der Waals surface area contributed by atoms with Crippen molar-refractivity contribution < 1.29 is 27.8 Å². The molecule has 6 nitrogen and oxygen atoms in total. The highest BCUT2D eigenvalue weighted by Gasteiger charge is 2.26. The molecule has 10 heteroatoms. The Labute approximate surface area is 222 Å². The number of aromatic nitrogens is 1. The van der Waals surface area contributed by atoms with E-state index in [1.54, 1.807) is 36.4 Å². The Morgan fingerprint density at radius 3 is 2.14 bits per heavy atom. The predicted octanol–water partition coefficient (Wildman–Crippen LogP) is 7.79. The number of nitrogens with zero attached hydrogens (tertiary/aromatic N) is 2. The summed E-state index contributed by atoms with van der Waals surface area (Å²) in [4.78, 5) is 20.6. The van der Waals surface area contributed by atoms with Gasteiger partial charge in [0.1, 0.15) is 0 Å². The summed E-state index contributed by atoms with van der Waals surface area (Å²) in [6.45, 7) is 6.68. The topological polar surface area (TPSA) is 60.9 Å². The zero-order chi connectivity index (χ0) is 26.4. The minimum absolute atomic E-state index is 0.306. The number of fused-ring (bicyclic) bond motifs is 1. The maximum atomic E-state index is 14.1. The second-order valence-corrected chi connectivity index (χ2v) is 9.65. The first-order chi connectivity index (χ1) is 17.9.